The summed E-state index contributed by atoms with van der Waals surface area (Å²) in [4.78, 5) is 28.7. The SMILES string of the molecule is Cc1cccc(C(=O)N2CCN(C(=O)C3CCC3)CC2)c1I. The molecule has 1 heterocycles. The Morgan fingerprint density at radius 2 is 1.73 bits per heavy atom. The molecule has 0 aromatic heterocycles. The van der Waals surface area contributed by atoms with E-state index in [4.69, 9.17) is 0 Å². The van der Waals surface area contributed by atoms with Crippen molar-refractivity contribution >= 4 is 34.4 Å². The molecule has 1 aromatic rings. The first-order valence-corrected chi connectivity index (χ1v) is 8.99. The molecule has 0 N–H and O–H groups in total. The van der Waals surface area contributed by atoms with Gasteiger partial charge in [0.15, 0.2) is 0 Å². The minimum Gasteiger partial charge on any atom is -0.339 e. The summed E-state index contributed by atoms with van der Waals surface area (Å²) in [7, 11) is 0. The van der Waals surface area contributed by atoms with Crippen LogP contribution in [0.25, 0.3) is 0 Å². The van der Waals surface area contributed by atoms with Gasteiger partial charge >= 0.3 is 0 Å². The summed E-state index contributed by atoms with van der Waals surface area (Å²) in [5, 5.41) is 0. The summed E-state index contributed by atoms with van der Waals surface area (Å²) < 4.78 is 1.03. The van der Waals surface area contributed by atoms with E-state index in [2.05, 4.69) is 22.6 Å². The van der Waals surface area contributed by atoms with Crippen LogP contribution in [0.5, 0.6) is 0 Å². The largest absolute Gasteiger partial charge is 0.339 e. The van der Waals surface area contributed by atoms with Crippen molar-refractivity contribution in [3.8, 4) is 0 Å². The Kier molecular flexibility index (Phi) is 4.70. The Morgan fingerprint density at radius 1 is 1.09 bits per heavy atom. The van der Waals surface area contributed by atoms with Crippen LogP contribution in [0.3, 0.4) is 0 Å². The van der Waals surface area contributed by atoms with Gasteiger partial charge in [-0.05, 0) is 54.0 Å². The van der Waals surface area contributed by atoms with Gasteiger partial charge < -0.3 is 9.80 Å². The van der Waals surface area contributed by atoms with Gasteiger partial charge in [-0.2, -0.15) is 0 Å². The van der Waals surface area contributed by atoms with Crippen LogP contribution in [0.2, 0.25) is 0 Å². The van der Waals surface area contributed by atoms with Crippen LogP contribution in [0.1, 0.15) is 35.2 Å². The van der Waals surface area contributed by atoms with Crippen molar-refractivity contribution in [2.24, 2.45) is 5.92 Å². The predicted octanol–water partition coefficient (Wildman–Crippen LogP) is 2.68. The lowest BCUT2D eigenvalue weighted by Crippen LogP contribution is -2.52. The molecule has 2 fully saturated rings. The lowest BCUT2D eigenvalue weighted by Gasteiger charge is -2.38. The highest BCUT2D eigenvalue weighted by molar-refractivity contribution is 14.1. The van der Waals surface area contributed by atoms with Crippen LogP contribution in [-0.2, 0) is 4.79 Å². The Labute approximate surface area is 145 Å². The summed E-state index contributed by atoms with van der Waals surface area (Å²) in [5.41, 5.74) is 1.91. The van der Waals surface area contributed by atoms with E-state index in [1.807, 2.05) is 34.9 Å². The molecule has 5 heteroatoms. The van der Waals surface area contributed by atoms with Crippen LogP contribution in [0.4, 0.5) is 0 Å². The highest BCUT2D eigenvalue weighted by atomic mass is 127. The number of hydrogen-bond acceptors (Lipinski definition) is 2. The molecule has 22 heavy (non-hydrogen) atoms. The molecule has 118 valence electrons. The number of carbonyl (C=O) groups excluding carboxylic acids is 2. The first kappa shape index (κ1) is 15.8. The molecule has 0 bridgehead atoms. The Morgan fingerprint density at radius 3 is 2.32 bits per heavy atom. The first-order valence-electron chi connectivity index (χ1n) is 7.91. The Bertz CT molecular complexity index is 590. The number of piperazine rings is 1. The van der Waals surface area contributed by atoms with Crippen molar-refractivity contribution in [1.82, 2.24) is 9.80 Å². The third kappa shape index (κ3) is 3.00. The molecule has 0 spiro atoms. The molecule has 1 saturated carbocycles. The van der Waals surface area contributed by atoms with Crippen molar-refractivity contribution in [2.45, 2.75) is 26.2 Å². The van der Waals surface area contributed by atoms with Gasteiger partial charge in [0.25, 0.3) is 5.91 Å². The van der Waals surface area contributed by atoms with E-state index in [-0.39, 0.29) is 11.8 Å². The van der Waals surface area contributed by atoms with Gasteiger partial charge in [-0.3, -0.25) is 9.59 Å². The standard InChI is InChI=1S/C17H21IN2O2/c1-12-4-2-7-14(15(12)18)17(22)20-10-8-19(9-11-20)16(21)13-5-3-6-13/h2,4,7,13H,3,5-6,8-11H2,1H3. The number of halogens is 1. The number of benzene rings is 1. The van der Waals surface area contributed by atoms with E-state index in [9.17, 15) is 9.59 Å². The van der Waals surface area contributed by atoms with Gasteiger partial charge in [0.1, 0.15) is 0 Å². The number of carbonyl (C=O) groups is 2. The monoisotopic (exact) mass is 412 g/mol. The van der Waals surface area contributed by atoms with Crippen LogP contribution < -0.4 is 0 Å². The van der Waals surface area contributed by atoms with Gasteiger partial charge in [0, 0.05) is 35.7 Å². The second-order valence-electron chi connectivity index (χ2n) is 6.18. The number of aryl methyl sites for hydroxylation is 1. The third-order valence-electron chi connectivity index (χ3n) is 4.76. The molecule has 1 aliphatic carbocycles. The molecule has 2 aliphatic rings. The smallest absolute Gasteiger partial charge is 0.255 e. The van der Waals surface area contributed by atoms with Gasteiger partial charge in [0.05, 0.1) is 5.56 Å². The van der Waals surface area contributed by atoms with Crippen molar-refractivity contribution in [1.29, 1.82) is 0 Å². The van der Waals surface area contributed by atoms with Crippen LogP contribution in [-0.4, -0.2) is 47.8 Å². The number of nitrogens with zero attached hydrogens (tertiary/aromatic N) is 2. The molecule has 1 aromatic carbocycles. The van der Waals surface area contributed by atoms with Crippen molar-refractivity contribution in [2.75, 3.05) is 26.2 Å². The van der Waals surface area contributed by atoms with Gasteiger partial charge in [0.2, 0.25) is 5.91 Å². The van der Waals surface area contributed by atoms with Crippen LogP contribution in [0.15, 0.2) is 18.2 Å². The average Bonchev–Trinajstić information content (AvgIpc) is 2.48. The van der Waals surface area contributed by atoms with E-state index >= 15 is 0 Å². The third-order valence-corrected chi connectivity index (χ3v) is 6.19. The quantitative estimate of drug-likeness (QED) is 0.701. The molecule has 2 amide bonds. The van der Waals surface area contributed by atoms with E-state index in [0.29, 0.717) is 32.1 Å². The second-order valence-corrected chi connectivity index (χ2v) is 7.26. The van der Waals surface area contributed by atoms with Crippen LogP contribution in [0, 0.1) is 16.4 Å². The molecule has 3 rings (SSSR count). The number of hydrogen-bond donors (Lipinski definition) is 0. The zero-order valence-electron chi connectivity index (χ0n) is 12.8. The minimum absolute atomic E-state index is 0.0869. The fraction of sp³-hybridized carbons (Fsp3) is 0.529. The number of rotatable bonds is 2. The van der Waals surface area contributed by atoms with E-state index in [0.717, 1.165) is 27.5 Å². The molecule has 0 unspecified atom stereocenters. The van der Waals surface area contributed by atoms with Crippen LogP contribution >= 0.6 is 22.6 Å². The maximum absolute atomic E-state index is 12.7. The van der Waals surface area contributed by atoms with E-state index < -0.39 is 0 Å². The Balaban J connectivity index is 1.62. The lowest BCUT2D eigenvalue weighted by atomic mass is 9.84. The predicted molar refractivity (Wildman–Crippen MR) is 93.7 cm³/mol. The zero-order chi connectivity index (χ0) is 15.7. The summed E-state index contributed by atoms with van der Waals surface area (Å²) in [6, 6.07) is 5.85. The summed E-state index contributed by atoms with van der Waals surface area (Å²) in [6.07, 6.45) is 3.26. The topological polar surface area (TPSA) is 40.6 Å². The summed E-state index contributed by atoms with van der Waals surface area (Å²) in [6.45, 7) is 4.64. The molecule has 4 nitrogen and oxygen atoms in total. The fourth-order valence-electron chi connectivity index (χ4n) is 3.03. The first-order chi connectivity index (χ1) is 10.6. The Hall–Kier alpha value is -1.11. The minimum atomic E-state index is 0.0869. The molecule has 0 radical (unpaired) electrons. The van der Waals surface area contributed by atoms with Gasteiger partial charge in [-0.15, -0.1) is 0 Å². The summed E-state index contributed by atoms with van der Waals surface area (Å²) >= 11 is 2.24. The fourth-order valence-corrected chi connectivity index (χ4v) is 3.62. The molecular formula is C17H21IN2O2. The average molecular weight is 412 g/mol. The maximum Gasteiger partial charge on any atom is 0.255 e. The maximum atomic E-state index is 12.7. The van der Waals surface area contributed by atoms with Gasteiger partial charge in [-0.25, -0.2) is 0 Å². The van der Waals surface area contributed by atoms with E-state index in [1.165, 1.54) is 6.42 Å². The zero-order valence-corrected chi connectivity index (χ0v) is 15.0. The highest BCUT2D eigenvalue weighted by Crippen LogP contribution is 2.28. The second kappa shape index (κ2) is 6.56. The van der Waals surface area contributed by atoms with Crippen molar-refractivity contribution in [3.05, 3.63) is 32.9 Å². The number of amides is 2. The highest BCUT2D eigenvalue weighted by Gasteiger charge is 2.32. The normalized spacial score (nSPS) is 19.0. The molecular weight excluding hydrogens is 391 g/mol. The van der Waals surface area contributed by atoms with Crippen molar-refractivity contribution < 1.29 is 9.59 Å². The lowest BCUT2D eigenvalue weighted by molar-refractivity contribution is -0.139. The van der Waals surface area contributed by atoms with Gasteiger partial charge in [-0.1, -0.05) is 18.6 Å². The molecule has 0 atom stereocenters. The molecule has 1 saturated heterocycles. The molecule has 1 aliphatic heterocycles. The van der Waals surface area contributed by atoms with E-state index in [1.54, 1.807) is 0 Å². The van der Waals surface area contributed by atoms with Crippen molar-refractivity contribution in [3.63, 3.8) is 0 Å². The summed E-state index contributed by atoms with van der Waals surface area (Å²) in [5.74, 6) is 0.632.